The minimum absolute atomic E-state index is 0.0417. The lowest BCUT2D eigenvalue weighted by atomic mass is 10.0. The van der Waals surface area contributed by atoms with Crippen LogP contribution in [-0.2, 0) is 4.79 Å². The molecule has 4 rings (SSSR count). The Balaban J connectivity index is 1.72. The second-order valence-electron chi connectivity index (χ2n) is 9.38. The van der Waals surface area contributed by atoms with Gasteiger partial charge < -0.3 is 19.7 Å². The standard InChI is InChI=1S/C30H33N5O/c1-33(2)25-16-12-22(13-17-25)28-29(23-14-18-26(19-15-23)34(3)4)32-30(31-28)24-10-7-21(8-11-24)9-20-27(36)35(5)6/h7-20H,1-6H3,(H,31,32)/b20-9+. The molecule has 184 valence electrons. The van der Waals surface area contributed by atoms with Gasteiger partial charge in [-0.3, -0.25) is 4.79 Å². The Morgan fingerprint density at radius 1 is 0.694 bits per heavy atom. The van der Waals surface area contributed by atoms with Crippen molar-refractivity contribution >= 4 is 23.4 Å². The number of anilines is 2. The highest BCUT2D eigenvalue weighted by molar-refractivity contribution is 5.91. The van der Waals surface area contributed by atoms with Gasteiger partial charge in [-0.15, -0.1) is 0 Å². The fraction of sp³-hybridized carbons (Fsp3) is 0.200. The number of nitrogens with zero attached hydrogens (tertiary/aromatic N) is 4. The van der Waals surface area contributed by atoms with Gasteiger partial charge in [-0.2, -0.15) is 0 Å². The van der Waals surface area contributed by atoms with Crippen LogP contribution in [0.3, 0.4) is 0 Å². The monoisotopic (exact) mass is 479 g/mol. The number of nitrogens with one attached hydrogen (secondary N) is 1. The third-order valence-corrected chi connectivity index (χ3v) is 6.08. The molecule has 0 radical (unpaired) electrons. The van der Waals surface area contributed by atoms with Gasteiger partial charge in [-0.05, 0) is 35.9 Å². The third-order valence-electron chi connectivity index (χ3n) is 6.08. The van der Waals surface area contributed by atoms with Crippen LogP contribution in [0, 0.1) is 0 Å². The molecule has 0 saturated carbocycles. The zero-order valence-corrected chi connectivity index (χ0v) is 21.8. The molecule has 1 heterocycles. The maximum Gasteiger partial charge on any atom is 0.246 e. The quantitative estimate of drug-likeness (QED) is 0.348. The van der Waals surface area contributed by atoms with Crippen LogP contribution in [-0.4, -0.2) is 63.1 Å². The summed E-state index contributed by atoms with van der Waals surface area (Å²) in [5.74, 6) is 0.758. The van der Waals surface area contributed by atoms with Gasteiger partial charge in [0.1, 0.15) is 5.82 Å². The highest BCUT2D eigenvalue weighted by Crippen LogP contribution is 2.34. The Morgan fingerprint density at radius 3 is 1.69 bits per heavy atom. The second-order valence-corrected chi connectivity index (χ2v) is 9.38. The molecule has 0 saturated heterocycles. The Bertz CT molecular complexity index is 1280. The molecule has 0 atom stereocenters. The molecule has 36 heavy (non-hydrogen) atoms. The van der Waals surface area contributed by atoms with Crippen molar-refractivity contribution < 1.29 is 4.79 Å². The molecular formula is C30H33N5O. The van der Waals surface area contributed by atoms with Crippen LogP contribution in [0.25, 0.3) is 40.0 Å². The van der Waals surface area contributed by atoms with Gasteiger partial charge in [-0.25, -0.2) is 4.98 Å². The molecular weight excluding hydrogens is 446 g/mol. The molecule has 6 heteroatoms. The van der Waals surface area contributed by atoms with Crippen LogP contribution in [0.1, 0.15) is 5.56 Å². The topological polar surface area (TPSA) is 55.5 Å². The van der Waals surface area contributed by atoms with Crippen molar-refractivity contribution in [2.45, 2.75) is 0 Å². The summed E-state index contributed by atoms with van der Waals surface area (Å²) in [6.07, 6.45) is 3.40. The predicted molar refractivity (Wildman–Crippen MR) is 151 cm³/mol. The summed E-state index contributed by atoms with van der Waals surface area (Å²) in [5.41, 5.74) is 8.24. The van der Waals surface area contributed by atoms with Crippen molar-refractivity contribution in [3.8, 4) is 33.9 Å². The normalized spacial score (nSPS) is 11.1. The van der Waals surface area contributed by atoms with Gasteiger partial charge in [0.05, 0.1) is 11.4 Å². The van der Waals surface area contributed by atoms with Crippen molar-refractivity contribution in [1.29, 1.82) is 0 Å². The average Bonchev–Trinajstić information content (AvgIpc) is 3.33. The minimum Gasteiger partial charge on any atom is -0.378 e. The number of hydrogen-bond acceptors (Lipinski definition) is 4. The number of likely N-dealkylation sites (N-methyl/N-ethyl adjacent to an activating group) is 1. The van der Waals surface area contributed by atoms with Gasteiger partial charge in [0, 0.05) is 76.4 Å². The van der Waals surface area contributed by atoms with E-state index in [1.807, 2.05) is 58.5 Å². The smallest absolute Gasteiger partial charge is 0.246 e. The van der Waals surface area contributed by atoms with E-state index in [0.717, 1.165) is 50.8 Å². The highest BCUT2D eigenvalue weighted by Gasteiger charge is 2.16. The third kappa shape index (κ3) is 5.49. The number of carbonyl (C=O) groups is 1. The lowest BCUT2D eigenvalue weighted by molar-refractivity contribution is -0.123. The van der Waals surface area contributed by atoms with E-state index in [0.29, 0.717) is 0 Å². The summed E-state index contributed by atoms with van der Waals surface area (Å²) in [6.45, 7) is 0. The molecule has 3 aromatic carbocycles. The fourth-order valence-electron chi connectivity index (χ4n) is 3.84. The zero-order valence-electron chi connectivity index (χ0n) is 21.8. The van der Waals surface area contributed by atoms with Crippen molar-refractivity contribution in [3.05, 3.63) is 84.4 Å². The van der Waals surface area contributed by atoms with Crippen molar-refractivity contribution in [2.75, 3.05) is 52.1 Å². The first-order valence-electron chi connectivity index (χ1n) is 11.9. The van der Waals surface area contributed by atoms with Crippen molar-refractivity contribution in [3.63, 3.8) is 0 Å². The molecule has 1 aromatic heterocycles. The molecule has 0 aliphatic heterocycles. The van der Waals surface area contributed by atoms with Gasteiger partial charge in [0.15, 0.2) is 0 Å². The van der Waals surface area contributed by atoms with Crippen LogP contribution in [0.4, 0.5) is 11.4 Å². The molecule has 1 N–H and O–H groups in total. The number of hydrogen-bond donors (Lipinski definition) is 1. The van der Waals surface area contributed by atoms with E-state index in [1.165, 1.54) is 0 Å². The van der Waals surface area contributed by atoms with E-state index in [9.17, 15) is 4.79 Å². The van der Waals surface area contributed by atoms with Gasteiger partial charge in [0.2, 0.25) is 5.91 Å². The first kappa shape index (κ1) is 24.8. The van der Waals surface area contributed by atoms with Crippen LogP contribution in [0.2, 0.25) is 0 Å². The number of aromatic amines is 1. The molecule has 6 nitrogen and oxygen atoms in total. The molecule has 0 unspecified atom stereocenters. The molecule has 0 spiro atoms. The summed E-state index contributed by atoms with van der Waals surface area (Å²) in [6, 6.07) is 25.0. The number of imidazole rings is 1. The van der Waals surface area contributed by atoms with E-state index in [1.54, 1.807) is 25.1 Å². The lowest BCUT2D eigenvalue weighted by Crippen LogP contribution is -2.18. The Morgan fingerprint density at radius 2 is 1.19 bits per heavy atom. The van der Waals surface area contributed by atoms with Crippen molar-refractivity contribution in [2.24, 2.45) is 0 Å². The Kier molecular flexibility index (Phi) is 7.25. The molecule has 1 amide bonds. The van der Waals surface area contributed by atoms with Gasteiger partial charge in [0.25, 0.3) is 0 Å². The summed E-state index contributed by atoms with van der Waals surface area (Å²) in [4.78, 5) is 26.2. The van der Waals surface area contributed by atoms with E-state index in [-0.39, 0.29) is 5.91 Å². The number of benzene rings is 3. The molecule has 0 bridgehead atoms. The van der Waals surface area contributed by atoms with Crippen LogP contribution in [0.5, 0.6) is 0 Å². The van der Waals surface area contributed by atoms with E-state index in [4.69, 9.17) is 4.98 Å². The van der Waals surface area contributed by atoms with Crippen molar-refractivity contribution in [1.82, 2.24) is 14.9 Å². The first-order chi connectivity index (χ1) is 17.2. The zero-order chi connectivity index (χ0) is 25.8. The maximum atomic E-state index is 11.8. The number of carbonyl (C=O) groups excluding carboxylic acids is 1. The fourth-order valence-corrected chi connectivity index (χ4v) is 3.84. The molecule has 4 aromatic rings. The van der Waals surface area contributed by atoms with Crippen LogP contribution in [0.15, 0.2) is 78.9 Å². The number of H-pyrrole nitrogens is 1. The average molecular weight is 480 g/mol. The second kappa shape index (κ2) is 10.5. The van der Waals surface area contributed by atoms with Gasteiger partial charge in [-0.1, -0.05) is 48.5 Å². The minimum atomic E-state index is -0.0417. The summed E-state index contributed by atoms with van der Waals surface area (Å²) >= 11 is 0. The number of aromatic nitrogens is 2. The lowest BCUT2D eigenvalue weighted by Gasteiger charge is -2.13. The number of rotatable bonds is 7. The van der Waals surface area contributed by atoms with Gasteiger partial charge >= 0.3 is 0 Å². The Hall–Kier alpha value is -4.32. The van der Waals surface area contributed by atoms with Crippen LogP contribution < -0.4 is 9.80 Å². The van der Waals surface area contributed by atoms with Crippen LogP contribution >= 0.6 is 0 Å². The predicted octanol–water partition coefficient (Wildman–Crippen LogP) is 5.64. The SMILES string of the molecule is CN(C)C(=O)/C=C/c1ccc(-c2nc(-c3ccc(N(C)C)cc3)c(-c3ccc(N(C)C)cc3)[nH]2)cc1. The molecule has 0 aliphatic carbocycles. The van der Waals surface area contributed by atoms with E-state index < -0.39 is 0 Å². The maximum absolute atomic E-state index is 11.8. The summed E-state index contributed by atoms with van der Waals surface area (Å²) in [7, 11) is 11.6. The first-order valence-corrected chi connectivity index (χ1v) is 11.9. The Labute approximate surface area is 213 Å². The largest absolute Gasteiger partial charge is 0.378 e. The molecule has 0 aliphatic rings. The number of amides is 1. The van der Waals surface area contributed by atoms with E-state index >= 15 is 0 Å². The summed E-state index contributed by atoms with van der Waals surface area (Å²) < 4.78 is 0. The highest BCUT2D eigenvalue weighted by atomic mass is 16.2. The van der Waals surface area contributed by atoms with E-state index in [2.05, 4.69) is 63.3 Å². The molecule has 0 fully saturated rings. The summed E-state index contributed by atoms with van der Waals surface area (Å²) in [5, 5.41) is 0.